The van der Waals surface area contributed by atoms with Gasteiger partial charge in [0.2, 0.25) is 0 Å². The van der Waals surface area contributed by atoms with E-state index in [1.165, 1.54) is 44.9 Å². The molecule has 4 aliphatic rings. The summed E-state index contributed by atoms with van der Waals surface area (Å²) in [7, 11) is 0. The molecule has 2 aliphatic carbocycles. The van der Waals surface area contributed by atoms with Gasteiger partial charge in [-0.1, -0.05) is 25.7 Å². The molecule has 4 fully saturated rings. The Morgan fingerprint density at radius 2 is 1.59 bits per heavy atom. The fourth-order valence-electron chi connectivity index (χ4n) is 6.99. The van der Waals surface area contributed by atoms with Gasteiger partial charge in [0.1, 0.15) is 5.54 Å². The van der Waals surface area contributed by atoms with E-state index < -0.39 is 11.5 Å². The molecule has 0 amide bonds. The Balaban J connectivity index is 1.52. The summed E-state index contributed by atoms with van der Waals surface area (Å²) >= 11 is 0. The Hall–Kier alpha value is -0.650. The van der Waals surface area contributed by atoms with Crippen LogP contribution >= 0.6 is 0 Å². The number of carbonyl (C=O) groups is 1. The molecule has 0 aromatic carbocycles. The molecule has 0 spiro atoms. The molecule has 5 nitrogen and oxygen atoms in total. The molecule has 7 atom stereocenters. The maximum absolute atomic E-state index is 12.6. The highest BCUT2D eigenvalue weighted by Crippen LogP contribution is 2.50. The number of aliphatic carboxylic acids is 1. The van der Waals surface area contributed by atoms with E-state index in [1.807, 2.05) is 6.92 Å². The second-order valence-corrected chi connectivity index (χ2v) is 9.98. The Labute approximate surface area is 164 Å². The maximum Gasteiger partial charge on any atom is 0.325 e. The van der Waals surface area contributed by atoms with Crippen molar-refractivity contribution < 1.29 is 14.6 Å². The predicted molar refractivity (Wildman–Crippen MR) is 105 cm³/mol. The summed E-state index contributed by atoms with van der Waals surface area (Å²) in [6.07, 6.45) is 10.7. The van der Waals surface area contributed by atoms with Gasteiger partial charge in [0.15, 0.2) is 0 Å². The van der Waals surface area contributed by atoms with Crippen LogP contribution in [0.15, 0.2) is 0 Å². The normalized spacial score (nSPS) is 46.9. The Kier molecular flexibility index (Phi) is 5.56. The molecule has 0 aromatic rings. The Morgan fingerprint density at radius 3 is 2.26 bits per heavy atom. The van der Waals surface area contributed by atoms with E-state index in [0.29, 0.717) is 5.92 Å². The van der Waals surface area contributed by atoms with Crippen molar-refractivity contribution in [2.75, 3.05) is 19.6 Å². The highest BCUT2D eigenvalue weighted by molar-refractivity contribution is 5.79. The molecule has 1 N–H and O–H groups in total. The van der Waals surface area contributed by atoms with Crippen LogP contribution in [0.4, 0.5) is 0 Å². The van der Waals surface area contributed by atoms with E-state index in [-0.39, 0.29) is 18.1 Å². The molecule has 27 heavy (non-hydrogen) atoms. The van der Waals surface area contributed by atoms with E-state index in [0.717, 1.165) is 37.9 Å². The number of carboxylic acid groups (broad SMARTS) is 1. The third-order valence-corrected chi connectivity index (χ3v) is 8.23. The van der Waals surface area contributed by atoms with Crippen molar-refractivity contribution in [2.24, 2.45) is 23.7 Å². The standard InChI is InChI=1S/C22H38N2O3/c1-15-13-23(14-16(2)27-15)24-11-10-20(22(24,3)21(25)26)19-9-8-17-6-4-5-7-18(17)12-19/h15-20H,4-14H2,1-3H3,(H,25,26)/t15?,16?,17?,18?,19?,20?,22-/m0/s1. The van der Waals surface area contributed by atoms with E-state index >= 15 is 0 Å². The third kappa shape index (κ3) is 3.56. The molecule has 154 valence electrons. The zero-order chi connectivity index (χ0) is 19.2. The van der Waals surface area contributed by atoms with Crippen LogP contribution in [0, 0.1) is 23.7 Å². The average molecular weight is 379 g/mol. The van der Waals surface area contributed by atoms with Gasteiger partial charge in [-0.05, 0) is 70.1 Å². The first-order chi connectivity index (χ1) is 12.9. The van der Waals surface area contributed by atoms with Gasteiger partial charge in [-0.2, -0.15) is 0 Å². The lowest BCUT2D eigenvalue weighted by molar-refractivity contribution is -0.193. The summed E-state index contributed by atoms with van der Waals surface area (Å²) in [5, 5.41) is 14.8. The van der Waals surface area contributed by atoms with Gasteiger partial charge in [-0.3, -0.25) is 4.79 Å². The molecule has 0 bridgehead atoms. The lowest BCUT2D eigenvalue weighted by Crippen LogP contribution is -2.63. The number of carboxylic acids is 1. The first-order valence-corrected chi connectivity index (χ1v) is 11.3. The number of morpholine rings is 1. The molecule has 2 saturated carbocycles. The van der Waals surface area contributed by atoms with Crippen molar-refractivity contribution in [3.63, 3.8) is 0 Å². The van der Waals surface area contributed by atoms with Crippen LogP contribution in [-0.2, 0) is 9.53 Å². The minimum Gasteiger partial charge on any atom is -0.480 e. The number of rotatable bonds is 3. The minimum atomic E-state index is -0.775. The molecule has 2 aliphatic heterocycles. The van der Waals surface area contributed by atoms with Gasteiger partial charge < -0.3 is 9.84 Å². The summed E-state index contributed by atoms with van der Waals surface area (Å²) in [5.74, 6) is 1.98. The number of nitrogens with zero attached hydrogens (tertiary/aromatic N) is 2. The first kappa shape index (κ1) is 19.7. The zero-order valence-corrected chi connectivity index (χ0v) is 17.4. The van der Waals surface area contributed by atoms with E-state index in [9.17, 15) is 9.90 Å². The maximum atomic E-state index is 12.6. The van der Waals surface area contributed by atoms with Crippen LogP contribution in [-0.4, -0.2) is 58.5 Å². The first-order valence-electron chi connectivity index (χ1n) is 11.3. The molecule has 4 rings (SSSR count). The van der Waals surface area contributed by atoms with Crippen LogP contribution in [0.2, 0.25) is 0 Å². The summed E-state index contributed by atoms with van der Waals surface area (Å²) in [4.78, 5) is 12.6. The van der Waals surface area contributed by atoms with Crippen molar-refractivity contribution >= 4 is 5.97 Å². The monoisotopic (exact) mass is 378 g/mol. The van der Waals surface area contributed by atoms with Crippen molar-refractivity contribution in [1.29, 1.82) is 0 Å². The van der Waals surface area contributed by atoms with E-state index in [2.05, 4.69) is 23.9 Å². The fraction of sp³-hybridized carbons (Fsp3) is 0.955. The van der Waals surface area contributed by atoms with Gasteiger partial charge in [0, 0.05) is 19.6 Å². The van der Waals surface area contributed by atoms with Crippen molar-refractivity contribution in [3.05, 3.63) is 0 Å². The second kappa shape index (κ2) is 7.64. The fourth-order valence-corrected chi connectivity index (χ4v) is 6.99. The number of ether oxygens (including phenoxy) is 1. The number of hydrogen-bond acceptors (Lipinski definition) is 4. The number of hydrogen-bond donors (Lipinski definition) is 1. The third-order valence-electron chi connectivity index (χ3n) is 8.23. The number of fused-ring (bicyclic) bond motifs is 1. The van der Waals surface area contributed by atoms with Crippen LogP contribution in [0.3, 0.4) is 0 Å². The van der Waals surface area contributed by atoms with E-state index in [1.54, 1.807) is 0 Å². The molecular formula is C22H38N2O3. The summed E-state index contributed by atoms with van der Waals surface area (Å²) in [5.41, 5.74) is -0.775. The predicted octanol–water partition coefficient (Wildman–Crippen LogP) is 3.78. The van der Waals surface area contributed by atoms with Gasteiger partial charge in [-0.25, -0.2) is 10.0 Å². The number of hydrazine groups is 1. The van der Waals surface area contributed by atoms with E-state index in [4.69, 9.17) is 4.74 Å². The molecule has 0 aromatic heterocycles. The van der Waals surface area contributed by atoms with Crippen LogP contribution in [0.25, 0.3) is 0 Å². The largest absolute Gasteiger partial charge is 0.480 e. The van der Waals surface area contributed by atoms with Crippen LogP contribution in [0.1, 0.15) is 72.1 Å². The minimum absolute atomic E-state index is 0.156. The lowest BCUT2D eigenvalue weighted by Gasteiger charge is -2.49. The highest BCUT2D eigenvalue weighted by atomic mass is 16.5. The van der Waals surface area contributed by atoms with Gasteiger partial charge in [0.05, 0.1) is 12.2 Å². The lowest BCUT2D eigenvalue weighted by atomic mass is 9.62. The second-order valence-electron chi connectivity index (χ2n) is 9.98. The SMILES string of the molecule is CC1CN(N2CCC(C3CCC4CCCCC4C3)[C@@]2(C)C(=O)O)CC(C)O1. The molecule has 2 heterocycles. The molecule has 2 saturated heterocycles. The summed E-state index contributed by atoms with van der Waals surface area (Å²) in [6.45, 7) is 8.67. The zero-order valence-electron chi connectivity index (χ0n) is 17.4. The van der Waals surface area contributed by atoms with Gasteiger partial charge >= 0.3 is 5.97 Å². The topological polar surface area (TPSA) is 53.0 Å². The average Bonchev–Trinajstić information content (AvgIpc) is 2.99. The highest BCUT2D eigenvalue weighted by Gasteiger charge is 2.56. The van der Waals surface area contributed by atoms with Crippen molar-refractivity contribution in [2.45, 2.75) is 89.9 Å². The van der Waals surface area contributed by atoms with Crippen molar-refractivity contribution in [1.82, 2.24) is 10.0 Å². The Morgan fingerprint density at radius 1 is 0.963 bits per heavy atom. The van der Waals surface area contributed by atoms with Crippen LogP contribution in [0.5, 0.6) is 0 Å². The summed E-state index contributed by atoms with van der Waals surface area (Å²) in [6, 6.07) is 0. The summed E-state index contributed by atoms with van der Waals surface area (Å²) < 4.78 is 5.89. The quantitative estimate of drug-likeness (QED) is 0.810. The molecule has 6 unspecified atom stereocenters. The van der Waals surface area contributed by atoms with Crippen molar-refractivity contribution in [3.8, 4) is 0 Å². The molecular weight excluding hydrogens is 340 g/mol. The smallest absolute Gasteiger partial charge is 0.325 e. The van der Waals surface area contributed by atoms with Gasteiger partial charge in [0.25, 0.3) is 0 Å². The van der Waals surface area contributed by atoms with Gasteiger partial charge in [-0.15, -0.1) is 0 Å². The molecule has 5 heteroatoms. The van der Waals surface area contributed by atoms with Crippen LogP contribution < -0.4 is 0 Å². The Bertz CT molecular complexity index is 546. The molecule has 0 radical (unpaired) electrons.